The number of carbonyl (C=O) groups excluding carboxylic acids is 1. The van der Waals surface area contributed by atoms with Crippen molar-refractivity contribution in [2.75, 3.05) is 6.61 Å². The van der Waals surface area contributed by atoms with Crippen LogP contribution >= 0.6 is 0 Å². The lowest BCUT2D eigenvalue weighted by molar-refractivity contribution is 0.0524. The summed E-state index contributed by atoms with van der Waals surface area (Å²) in [6.07, 6.45) is 1.16. The van der Waals surface area contributed by atoms with Crippen molar-refractivity contribution in [1.82, 2.24) is 15.0 Å². The van der Waals surface area contributed by atoms with Crippen molar-refractivity contribution in [2.24, 2.45) is 0 Å². The molecule has 162 valence electrons. The quantitative estimate of drug-likeness (QED) is 0.310. The van der Waals surface area contributed by atoms with Gasteiger partial charge in [0.2, 0.25) is 5.43 Å². The van der Waals surface area contributed by atoms with Crippen molar-refractivity contribution in [3.05, 3.63) is 94.5 Å². The smallest absolute Gasteiger partial charge is 0.343 e. The minimum Gasteiger partial charge on any atom is -0.462 e. The fraction of sp³-hybridized carbons (Fsp3) is 0.0769. The van der Waals surface area contributed by atoms with E-state index in [9.17, 15) is 9.59 Å². The van der Waals surface area contributed by atoms with E-state index in [1.54, 1.807) is 6.92 Å². The zero-order valence-corrected chi connectivity index (χ0v) is 17.6. The second-order valence-electron chi connectivity index (χ2n) is 7.39. The maximum atomic E-state index is 15.3. The number of aromatic nitrogens is 3. The molecule has 6 nitrogen and oxygen atoms in total. The number of carbonyl (C=O) groups is 1. The largest absolute Gasteiger partial charge is 0.462 e. The minimum absolute atomic E-state index is 0.0297. The van der Waals surface area contributed by atoms with E-state index in [1.807, 2.05) is 60.7 Å². The number of benzene rings is 3. The molecule has 0 spiro atoms. The lowest BCUT2D eigenvalue weighted by atomic mass is 10.0. The molecule has 3 aromatic carbocycles. The molecule has 0 bridgehead atoms. The molecule has 0 aliphatic carbocycles. The SMILES string of the molecule is CCOC(=O)c1cnc2c(cc(F)c3[nH]c(-c4ccccc4)c(-c4ccccc4)nc32)c1=O. The number of halogens is 1. The maximum absolute atomic E-state index is 15.3. The molecule has 0 saturated heterocycles. The molecule has 0 saturated carbocycles. The molecule has 0 amide bonds. The van der Waals surface area contributed by atoms with E-state index in [0.717, 1.165) is 23.4 Å². The second-order valence-corrected chi connectivity index (χ2v) is 7.39. The second kappa shape index (κ2) is 8.27. The van der Waals surface area contributed by atoms with Crippen LogP contribution in [0.3, 0.4) is 0 Å². The highest BCUT2D eigenvalue weighted by Gasteiger charge is 2.21. The van der Waals surface area contributed by atoms with Gasteiger partial charge in [-0.3, -0.25) is 9.78 Å². The highest BCUT2D eigenvalue weighted by Crippen LogP contribution is 2.33. The van der Waals surface area contributed by atoms with Gasteiger partial charge in [-0.15, -0.1) is 0 Å². The summed E-state index contributed by atoms with van der Waals surface area (Å²) in [7, 11) is 0. The number of fused-ring (bicyclic) bond motifs is 3. The molecule has 0 unspecified atom stereocenters. The van der Waals surface area contributed by atoms with Crippen LogP contribution in [0.15, 0.2) is 77.7 Å². The van der Waals surface area contributed by atoms with Gasteiger partial charge in [-0.25, -0.2) is 14.2 Å². The molecular formula is C26H18FN3O3. The highest BCUT2D eigenvalue weighted by molar-refractivity contribution is 6.05. The first-order valence-corrected chi connectivity index (χ1v) is 10.4. The molecule has 5 aromatic rings. The summed E-state index contributed by atoms with van der Waals surface area (Å²) in [6.45, 7) is 1.75. The lowest BCUT2D eigenvalue weighted by Gasteiger charge is -2.13. The zero-order valence-electron chi connectivity index (χ0n) is 17.6. The molecule has 1 N–H and O–H groups in total. The number of pyridine rings is 1. The number of aromatic amines is 1. The molecule has 7 heteroatoms. The van der Waals surface area contributed by atoms with E-state index < -0.39 is 17.2 Å². The van der Waals surface area contributed by atoms with Crippen molar-refractivity contribution < 1.29 is 13.9 Å². The average molecular weight is 439 g/mol. The first-order chi connectivity index (χ1) is 16.1. The van der Waals surface area contributed by atoms with E-state index in [0.29, 0.717) is 11.4 Å². The Bertz CT molecular complexity index is 1570. The van der Waals surface area contributed by atoms with Crippen molar-refractivity contribution in [3.63, 3.8) is 0 Å². The van der Waals surface area contributed by atoms with Crippen LogP contribution in [0.4, 0.5) is 4.39 Å². The van der Waals surface area contributed by atoms with Gasteiger partial charge in [0.05, 0.1) is 23.4 Å². The summed E-state index contributed by atoms with van der Waals surface area (Å²) in [5.74, 6) is -1.46. The number of nitrogens with zero attached hydrogens (tertiary/aromatic N) is 2. The first kappa shape index (κ1) is 20.5. The summed E-state index contributed by atoms with van der Waals surface area (Å²) in [4.78, 5) is 37.3. The van der Waals surface area contributed by atoms with E-state index in [-0.39, 0.29) is 34.1 Å². The number of hydrogen-bond acceptors (Lipinski definition) is 5. The Labute approximate surface area is 187 Å². The third-order valence-corrected chi connectivity index (χ3v) is 5.35. The van der Waals surface area contributed by atoms with Crippen LogP contribution in [-0.2, 0) is 4.74 Å². The fourth-order valence-electron chi connectivity index (χ4n) is 3.82. The van der Waals surface area contributed by atoms with Gasteiger partial charge in [-0.05, 0) is 13.0 Å². The Kier molecular flexibility index (Phi) is 5.14. The Hall–Kier alpha value is -4.39. The van der Waals surface area contributed by atoms with Crippen LogP contribution in [0.2, 0.25) is 0 Å². The van der Waals surface area contributed by atoms with Crippen LogP contribution in [0, 0.1) is 5.82 Å². The van der Waals surface area contributed by atoms with Crippen molar-refractivity contribution in [3.8, 4) is 22.5 Å². The molecule has 0 radical (unpaired) electrons. The number of nitrogens with one attached hydrogen (secondary N) is 1. The number of hydrogen-bond donors (Lipinski definition) is 1. The number of rotatable bonds is 4. The molecule has 0 atom stereocenters. The molecule has 5 rings (SSSR count). The maximum Gasteiger partial charge on any atom is 0.343 e. The predicted molar refractivity (Wildman–Crippen MR) is 124 cm³/mol. The normalized spacial score (nSPS) is 11.1. The van der Waals surface area contributed by atoms with Crippen molar-refractivity contribution in [2.45, 2.75) is 6.92 Å². The minimum atomic E-state index is -0.790. The van der Waals surface area contributed by atoms with Gasteiger partial charge in [-0.1, -0.05) is 60.7 Å². The van der Waals surface area contributed by atoms with Crippen LogP contribution in [-0.4, -0.2) is 27.5 Å². The van der Waals surface area contributed by atoms with Gasteiger partial charge in [0.15, 0.2) is 0 Å². The van der Waals surface area contributed by atoms with E-state index in [2.05, 4.69) is 9.97 Å². The Morgan fingerprint density at radius 1 is 1.00 bits per heavy atom. The first-order valence-electron chi connectivity index (χ1n) is 10.4. The van der Waals surface area contributed by atoms with Gasteiger partial charge in [0.1, 0.15) is 27.9 Å². The Balaban J connectivity index is 1.86. The third-order valence-electron chi connectivity index (χ3n) is 5.35. The fourth-order valence-corrected chi connectivity index (χ4v) is 3.82. The molecule has 33 heavy (non-hydrogen) atoms. The average Bonchev–Trinajstić information content (AvgIpc) is 2.85. The number of esters is 1. The highest BCUT2D eigenvalue weighted by atomic mass is 19.1. The number of ether oxygens (including phenoxy) is 1. The standard InChI is InChI=1S/C26H18FN3O3/c1-2-33-26(32)18-14-28-22-17(25(18)31)13-19(27)23-24(22)30-21(16-11-7-4-8-12-16)20(29-23)15-9-5-3-6-10-15/h3-14,29H,2H2,1H3. The summed E-state index contributed by atoms with van der Waals surface area (Å²) in [5, 5.41) is -0.0297. The molecule has 0 fully saturated rings. The molecule has 0 aliphatic rings. The molecule has 2 aromatic heterocycles. The predicted octanol–water partition coefficient (Wildman–Crippen LogP) is 5.12. The zero-order chi connectivity index (χ0) is 22.9. The lowest BCUT2D eigenvalue weighted by Crippen LogP contribution is -2.18. The summed E-state index contributed by atoms with van der Waals surface area (Å²) < 4.78 is 20.2. The van der Waals surface area contributed by atoms with Crippen LogP contribution in [0.5, 0.6) is 0 Å². The van der Waals surface area contributed by atoms with Gasteiger partial charge >= 0.3 is 5.97 Å². The van der Waals surface area contributed by atoms with E-state index in [4.69, 9.17) is 9.72 Å². The van der Waals surface area contributed by atoms with Crippen LogP contribution < -0.4 is 5.43 Å². The molecule has 0 aliphatic heterocycles. The summed E-state index contributed by atoms with van der Waals surface area (Å²) >= 11 is 0. The van der Waals surface area contributed by atoms with Crippen LogP contribution in [0.1, 0.15) is 17.3 Å². The topological polar surface area (TPSA) is 84.9 Å². The van der Waals surface area contributed by atoms with Crippen molar-refractivity contribution in [1.29, 1.82) is 0 Å². The Morgan fingerprint density at radius 2 is 1.67 bits per heavy atom. The van der Waals surface area contributed by atoms with Gasteiger partial charge in [0.25, 0.3) is 0 Å². The number of H-pyrrole nitrogens is 1. The van der Waals surface area contributed by atoms with E-state index in [1.165, 1.54) is 0 Å². The Morgan fingerprint density at radius 3 is 2.33 bits per heavy atom. The van der Waals surface area contributed by atoms with Gasteiger partial charge in [-0.2, -0.15) is 0 Å². The van der Waals surface area contributed by atoms with Crippen LogP contribution in [0.25, 0.3) is 44.5 Å². The molecule has 2 heterocycles. The summed E-state index contributed by atoms with van der Waals surface area (Å²) in [5.41, 5.74) is 2.52. The molecular weight excluding hydrogens is 421 g/mol. The monoisotopic (exact) mass is 439 g/mol. The van der Waals surface area contributed by atoms with Gasteiger partial charge < -0.3 is 9.72 Å². The van der Waals surface area contributed by atoms with Crippen molar-refractivity contribution >= 4 is 27.9 Å². The van der Waals surface area contributed by atoms with Gasteiger partial charge in [0, 0.05) is 17.3 Å². The van der Waals surface area contributed by atoms with E-state index >= 15 is 4.39 Å². The third kappa shape index (κ3) is 3.53. The summed E-state index contributed by atoms with van der Waals surface area (Å²) in [6, 6.07) is 20.1.